The van der Waals surface area contributed by atoms with Crippen molar-refractivity contribution < 1.29 is 0 Å². The van der Waals surface area contributed by atoms with Crippen LogP contribution < -0.4 is 0 Å². The normalized spacial score (nSPS) is 10.7. The van der Waals surface area contributed by atoms with Gasteiger partial charge in [0.25, 0.3) is 0 Å². The fourth-order valence-electron chi connectivity index (χ4n) is 2.37. The second-order valence-electron chi connectivity index (χ2n) is 5.05. The molecular weight excluding hydrogens is 246 g/mol. The third-order valence-corrected chi connectivity index (χ3v) is 3.24. The number of hydrogen-bond donors (Lipinski definition) is 0. The molecule has 0 radical (unpaired) electrons. The number of benzene rings is 1. The lowest BCUT2D eigenvalue weighted by molar-refractivity contribution is 0.687. The van der Waals surface area contributed by atoms with Crippen molar-refractivity contribution in [3.63, 3.8) is 0 Å². The lowest BCUT2D eigenvalue weighted by Crippen LogP contribution is -1.99. The molecule has 3 rings (SSSR count). The summed E-state index contributed by atoms with van der Waals surface area (Å²) in [5.74, 6) is 0. The molecule has 0 unspecified atom stereocenters. The predicted molar refractivity (Wildman–Crippen MR) is 80.5 cm³/mol. The fraction of sp³-hybridized carbons (Fsp3) is 0.176. The first-order valence-electron chi connectivity index (χ1n) is 6.73. The quantitative estimate of drug-likeness (QED) is 0.722. The van der Waals surface area contributed by atoms with E-state index < -0.39 is 0 Å². The molecule has 3 nitrogen and oxygen atoms in total. The van der Waals surface area contributed by atoms with Gasteiger partial charge in [0.2, 0.25) is 0 Å². The van der Waals surface area contributed by atoms with Crippen LogP contribution in [0.4, 0.5) is 0 Å². The maximum Gasteiger partial charge on any atom is 0.0659 e. The zero-order valence-electron chi connectivity index (χ0n) is 11.7. The molecule has 3 aromatic rings. The topological polar surface area (TPSA) is 30.7 Å². The maximum atomic E-state index is 4.44. The molecule has 0 fully saturated rings. The van der Waals surface area contributed by atoms with Crippen LogP contribution in [-0.4, -0.2) is 14.8 Å². The Kier molecular flexibility index (Phi) is 3.33. The van der Waals surface area contributed by atoms with Crippen LogP contribution in [-0.2, 0) is 6.54 Å². The summed E-state index contributed by atoms with van der Waals surface area (Å²) in [7, 11) is 0. The molecule has 2 aromatic heterocycles. The molecule has 0 aliphatic carbocycles. The van der Waals surface area contributed by atoms with E-state index in [4.69, 9.17) is 0 Å². The molecule has 0 aliphatic heterocycles. The molecule has 2 heterocycles. The van der Waals surface area contributed by atoms with Gasteiger partial charge in [-0.3, -0.25) is 9.67 Å². The van der Waals surface area contributed by atoms with Crippen LogP contribution in [0.5, 0.6) is 0 Å². The first kappa shape index (κ1) is 12.6. The number of hydrogen-bond acceptors (Lipinski definition) is 2. The number of nitrogens with zero attached hydrogens (tertiary/aromatic N) is 3. The van der Waals surface area contributed by atoms with Crippen LogP contribution in [0.25, 0.3) is 11.1 Å². The maximum absolute atomic E-state index is 4.44. The van der Waals surface area contributed by atoms with Crippen LogP contribution in [0.1, 0.15) is 17.0 Å². The Morgan fingerprint density at radius 2 is 1.65 bits per heavy atom. The Balaban J connectivity index is 1.86. The van der Waals surface area contributed by atoms with Gasteiger partial charge in [0.1, 0.15) is 0 Å². The average molecular weight is 263 g/mol. The molecule has 20 heavy (non-hydrogen) atoms. The van der Waals surface area contributed by atoms with Crippen LogP contribution in [0.3, 0.4) is 0 Å². The van der Waals surface area contributed by atoms with Gasteiger partial charge in [-0.1, -0.05) is 30.3 Å². The molecule has 0 N–H and O–H groups in total. The van der Waals surface area contributed by atoms with Crippen LogP contribution in [0, 0.1) is 13.8 Å². The van der Waals surface area contributed by atoms with Crippen molar-refractivity contribution in [2.75, 3.05) is 0 Å². The Morgan fingerprint density at radius 1 is 0.950 bits per heavy atom. The molecule has 1 aromatic carbocycles. The SMILES string of the molecule is Cc1cc(-c2cnn(Cc3ccccc3)c2)cc(C)n1. The van der Waals surface area contributed by atoms with Gasteiger partial charge in [0, 0.05) is 23.1 Å². The molecule has 0 saturated carbocycles. The predicted octanol–water partition coefficient (Wildman–Crippen LogP) is 3.61. The smallest absolute Gasteiger partial charge is 0.0659 e. The first-order chi connectivity index (χ1) is 9.70. The van der Waals surface area contributed by atoms with Crippen molar-refractivity contribution in [3.05, 3.63) is 71.8 Å². The fourth-order valence-corrected chi connectivity index (χ4v) is 2.37. The summed E-state index contributed by atoms with van der Waals surface area (Å²) >= 11 is 0. The molecule has 100 valence electrons. The van der Waals surface area contributed by atoms with Gasteiger partial charge in [-0.2, -0.15) is 5.10 Å². The van der Waals surface area contributed by atoms with Gasteiger partial charge in [0.15, 0.2) is 0 Å². The monoisotopic (exact) mass is 263 g/mol. The third-order valence-electron chi connectivity index (χ3n) is 3.24. The van der Waals surface area contributed by atoms with Crippen molar-refractivity contribution in [3.8, 4) is 11.1 Å². The van der Waals surface area contributed by atoms with Crippen molar-refractivity contribution in [2.45, 2.75) is 20.4 Å². The second kappa shape index (κ2) is 5.29. The summed E-state index contributed by atoms with van der Waals surface area (Å²) in [6.45, 7) is 4.83. The average Bonchev–Trinajstić information content (AvgIpc) is 2.87. The molecule has 0 atom stereocenters. The number of rotatable bonds is 3. The van der Waals surface area contributed by atoms with Crippen LogP contribution in [0.2, 0.25) is 0 Å². The van der Waals surface area contributed by atoms with Gasteiger partial charge in [-0.15, -0.1) is 0 Å². The molecule has 0 spiro atoms. The van der Waals surface area contributed by atoms with Crippen molar-refractivity contribution in [1.29, 1.82) is 0 Å². The molecule has 0 bridgehead atoms. The Hall–Kier alpha value is -2.42. The van der Waals surface area contributed by atoms with Gasteiger partial charge in [-0.25, -0.2) is 0 Å². The summed E-state index contributed by atoms with van der Waals surface area (Å²) < 4.78 is 1.97. The molecule has 0 saturated heterocycles. The van der Waals surface area contributed by atoms with E-state index in [1.165, 1.54) is 11.1 Å². The second-order valence-corrected chi connectivity index (χ2v) is 5.05. The van der Waals surface area contributed by atoms with Gasteiger partial charge in [0.05, 0.1) is 12.7 Å². The van der Waals surface area contributed by atoms with Gasteiger partial charge in [-0.05, 0) is 37.1 Å². The highest BCUT2D eigenvalue weighted by atomic mass is 15.3. The molecule has 0 amide bonds. The van der Waals surface area contributed by atoms with E-state index in [0.717, 1.165) is 23.5 Å². The number of aryl methyl sites for hydroxylation is 2. The van der Waals surface area contributed by atoms with Crippen molar-refractivity contribution >= 4 is 0 Å². The first-order valence-corrected chi connectivity index (χ1v) is 6.73. The van der Waals surface area contributed by atoms with E-state index in [-0.39, 0.29) is 0 Å². The Labute approximate surface area is 118 Å². The van der Waals surface area contributed by atoms with Gasteiger partial charge >= 0.3 is 0 Å². The highest BCUT2D eigenvalue weighted by molar-refractivity contribution is 5.62. The van der Waals surface area contributed by atoms with E-state index in [2.05, 4.69) is 52.7 Å². The zero-order valence-corrected chi connectivity index (χ0v) is 11.7. The number of pyridine rings is 1. The highest BCUT2D eigenvalue weighted by Crippen LogP contribution is 2.20. The summed E-state index contributed by atoms with van der Waals surface area (Å²) in [4.78, 5) is 4.41. The molecule has 3 heteroatoms. The van der Waals surface area contributed by atoms with Crippen LogP contribution in [0.15, 0.2) is 54.9 Å². The molecular formula is C17H17N3. The lowest BCUT2D eigenvalue weighted by atomic mass is 10.1. The lowest BCUT2D eigenvalue weighted by Gasteiger charge is -2.02. The Morgan fingerprint density at radius 3 is 2.35 bits per heavy atom. The van der Waals surface area contributed by atoms with E-state index in [9.17, 15) is 0 Å². The third kappa shape index (κ3) is 2.77. The van der Waals surface area contributed by atoms with Crippen LogP contribution >= 0.6 is 0 Å². The van der Waals surface area contributed by atoms with Crippen molar-refractivity contribution in [1.82, 2.24) is 14.8 Å². The minimum atomic E-state index is 0.796. The minimum absolute atomic E-state index is 0.796. The zero-order chi connectivity index (χ0) is 13.9. The summed E-state index contributed by atoms with van der Waals surface area (Å²) in [6.07, 6.45) is 4.00. The van der Waals surface area contributed by atoms with Gasteiger partial charge < -0.3 is 0 Å². The Bertz CT molecular complexity index is 694. The summed E-state index contributed by atoms with van der Waals surface area (Å²) in [6, 6.07) is 14.5. The summed E-state index contributed by atoms with van der Waals surface area (Å²) in [5, 5.41) is 4.44. The number of aromatic nitrogens is 3. The largest absolute Gasteiger partial charge is 0.268 e. The van der Waals surface area contributed by atoms with Crippen molar-refractivity contribution in [2.24, 2.45) is 0 Å². The molecule has 0 aliphatic rings. The standard InChI is InChI=1S/C17H17N3/c1-13-8-16(9-14(2)19-13)17-10-18-20(12-17)11-15-6-4-3-5-7-15/h3-10,12H,11H2,1-2H3. The van der Waals surface area contributed by atoms with E-state index in [1.807, 2.05) is 30.8 Å². The van der Waals surface area contributed by atoms with E-state index >= 15 is 0 Å². The van der Waals surface area contributed by atoms with E-state index in [0.29, 0.717) is 0 Å². The minimum Gasteiger partial charge on any atom is -0.268 e. The van der Waals surface area contributed by atoms with E-state index in [1.54, 1.807) is 0 Å². The highest BCUT2D eigenvalue weighted by Gasteiger charge is 2.04. The summed E-state index contributed by atoms with van der Waals surface area (Å²) in [5.41, 5.74) is 5.64.